The molecule has 20 heavy (non-hydrogen) atoms. The van der Waals surface area contributed by atoms with Crippen molar-refractivity contribution in [1.29, 1.82) is 0 Å². The maximum atomic E-state index is 12.0. The third-order valence-electron chi connectivity index (χ3n) is 3.17. The number of fused-ring (bicyclic) bond motifs is 1. The topological polar surface area (TPSA) is 87.7 Å². The van der Waals surface area contributed by atoms with Crippen molar-refractivity contribution >= 4 is 22.5 Å². The molecule has 0 bridgehead atoms. The van der Waals surface area contributed by atoms with E-state index >= 15 is 0 Å². The summed E-state index contributed by atoms with van der Waals surface area (Å²) in [5, 5.41) is 16.3. The number of amides is 1. The molecule has 0 saturated heterocycles. The van der Waals surface area contributed by atoms with Crippen molar-refractivity contribution in [3.05, 3.63) is 48.0 Å². The van der Waals surface area contributed by atoms with E-state index < -0.39 is 6.04 Å². The highest BCUT2D eigenvalue weighted by atomic mass is 16.4. The van der Waals surface area contributed by atoms with Gasteiger partial charge in [0.2, 0.25) is 5.91 Å². The third kappa shape index (κ3) is 3.06. The van der Waals surface area contributed by atoms with E-state index in [1.807, 2.05) is 42.5 Å². The van der Waals surface area contributed by atoms with Crippen LogP contribution in [-0.4, -0.2) is 23.0 Å². The lowest BCUT2D eigenvalue weighted by molar-refractivity contribution is -0.120. The summed E-state index contributed by atoms with van der Waals surface area (Å²) >= 11 is 0. The molecule has 0 aliphatic carbocycles. The fraction of sp³-hybridized carbons (Fsp3) is 0.200. The Morgan fingerprint density at radius 2 is 2.00 bits per heavy atom. The second-order valence-electron chi connectivity index (χ2n) is 4.63. The van der Waals surface area contributed by atoms with Crippen molar-refractivity contribution in [2.45, 2.75) is 19.4 Å². The Hall–Kier alpha value is -2.56. The summed E-state index contributed by atoms with van der Waals surface area (Å²) in [6.45, 7) is 1.66. The van der Waals surface area contributed by atoms with Crippen LogP contribution in [0.5, 0.6) is 0 Å². The highest BCUT2D eigenvalue weighted by Gasteiger charge is 2.12. The van der Waals surface area contributed by atoms with Gasteiger partial charge in [0, 0.05) is 0 Å². The van der Waals surface area contributed by atoms with Crippen molar-refractivity contribution in [3.63, 3.8) is 0 Å². The Morgan fingerprint density at radius 3 is 2.75 bits per heavy atom. The van der Waals surface area contributed by atoms with Gasteiger partial charge in [0.1, 0.15) is 0 Å². The van der Waals surface area contributed by atoms with Gasteiger partial charge in [-0.25, -0.2) is 0 Å². The van der Waals surface area contributed by atoms with Crippen LogP contribution in [0.3, 0.4) is 0 Å². The van der Waals surface area contributed by atoms with E-state index in [1.54, 1.807) is 6.92 Å². The van der Waals surface area contributed by atoms with E-state index in [4.69, 9.17) is 10.9 Å². The number of nitrogens with two attached hydrogens (primary N) is 1. The van der Waals surface area contributed by atoms with Crippen LogP contribution in [-0.2, 0) is 11.2 Å². The van der Waals surface area contributed by atoms with Gasteiger partial charge < -0.3 is 16.3 Å². The van der Waals surface area contributed by atoms with Gasteiger partial charge in [0.25, 0.3) is 0 Å². The molecule has 0 aromatic heterocycles. The zero-order valence-corrected chi connectivity index (χ0v) is 11.2. The van der Waals surface area contributed by atoms with Gasteiger partial charge >= 0.3 is 0 Å². The van der Waals surface area contributed by atoms with Crippen LogP contribution < -0.4 is 11.1 Å². The average molecular weight is 271 g/mol. The fourth-order valence-electron chi connectivity index (χ4n) is 2.07. The first-order valence-corrected chi connectivity index (χ1v) is 6.35. The Labute approximate surface area is 117 Å². The zero-order valence-electron chi connectivity index (χ0n) is 11.2. The Bertz CT molecular complexity index is 647. The Balaban J connectivity index is 2.14. The molecular formula is C15H17N3O2. The first-order chi connectivity index (χ1) is 9.61. The number of carbonyl (C=O) groups excluding carboxylic acids is 1. The van der Waals surface area contributed by atoms with Crippen LogP contribution in [0.4, 0.5) is 0 Å². The van der Waals surface area contributed by atoms with E-state index in [0.29, 0.717) is 0 Å². The molecule has 1 atom stereocenters. The molecule has 5 nitrogen and oxygen atoms in total. The summed E-state index contributed by atoms with van der Waals surface area (Å²) in [4.78, 5) is 12.0. The third-order valence-corrected chi connectivity index (χ3v) is 3.17. The number of hydrogen-bond donors (Lipinski definition) is 3. The first kappa shape index (κ1) is 13.9. The smallest absolute Gasteiger partial charge is 0.225 e. The Kier molecular flexibility index (Phi) is 4.20. The SMILES string of the molecule is CC(NC(=O)Cc1cccc2ccccc12)/C(N)=N/O. The average Bonchev–Trinajstić information content (AvgIpc) is 2.46. The largest absolute Gasteiger partial charge is 0.409 e. The number of rotatable bonds is 4. The number of oxime groups is 1. The molecule has 4 N–H and O–H groups in total. The second kappa shape index (κ2) is 6.06. The zero-order chi connectivity index (χ0) is 14.5. The van der Waals surface area contributed by atoms with Gasteiger partial charge in [-0.15, -0.1) is 0 Å². The van der Waals surface area contributed by atoms with Gasteiger partial charge in [0.15, 0.2) is 5.84 Å². The van der Waals surface area contributed by atoms with Crippen LogP contribution >= 0.6 is 0 Å². The van der Waals surface area contributed by atoms with Crippen molar-refractivity contribution in [2.24, 2.45) is 10.9 Å². The summed E-state index contributed by atoms with van der Waals surface area (Å²) in [6, 6.07) is 13.3. The summed E-state index contributed by atoms with van der Waals surface area (Å²) in [7, 11) is 0. The normalized spacial score (nSPS) is 13.2. The molecule has 0 aliphatic rings. The number of benzene rings is 2. The second-order valence-corrected chi connectivity index (χ2v) is 4.63. The molecule has 1 unspecified atom stereocenters. The summed E-state index contributed by atoms with van der Waals surface area (Å²) in [5.41, 5.74) is 6.39. The van der Waals surface area contributed by atoms with E-state index in [0.717, 1.165) is 16.3 Å². The monoisotopic (exact) mass is 271 g/mol. The molecule has 0 heterocycles. The Morgan fingerprint density at radius 1 is 1.30 bits per heavy atom. The first-order valence-electron chi connectivity index (χ1n) is 6.35. The van der Waals surface area contributed by atoms with Gasteiger partial charge in [-0.05, 0) is 23.3 Å². The van der Waals surface area contributed by atoms with Gasteiger partial charge in [-0.2, -0.15) is 0 Å². The maximum absolute atomic E-state index is 12.0. The lowest BCUT2D eigenvalue weighted by Crippen LogP contribution is -2.43. The fourth-order valence-corrected chi connectivity index (χ4v) is 2.07. The minimum Gasteiger partial charge on any atom is -0.409 e. The van der Waals surface area contributed by atoms with Crippen molar-refractivity contribution in [2.75, 3.05) is 0 Å². The minimum atomic E-state index is -0.498. The molecule has 0 spiro atoms. The van der Waals surface area contributed by atoms with Crippen molar-refractivity contribution in [3.8, 4) is 0 Å². The van der Waals surface area contributed by atoms with Gasteiger partial charge in [-0.1, -0.05) is 47.6 Å². The molecule has 104 valence electrons. The van der Waals surface area contributed by atoms with Crippen molar-refractivity contribution in [1.82, 2.24) is 5.32 Å². The highest BCUT2D eigenvalue weighted by molar-refractivity contribution is 5.93. The van der Waals surface area contributed by atoms with E-state index in [2.05, 4.69) is 10.5 Å². The van der Waals surface area contributed by atoms with E-state index in [1.165, 1.54) is 0 Å². The molecule has 0 saturated carbocycles. The molecule has 0 radical (unpaired) electrons. The lowest BCUT2D eigenvalue weighted by Gasteiger charge is -2.13. The number of carbonyl (C=O) groups is 1. The predicted octanol–water partition coefficient (Wildman–Crippen LogP) is 1.63. The molecule has 2 aromatic rings. The van der Waals surface area contributed by atoms with Crippen LogP contribution in [0.25, 0.3) is 10.8 Å². The van der Waals surface area contributed by atoms with E-state index in [9.17, 15) is 4.79 Å². The molecule has 1 amide bonds. The number of amidine groups is 1. The molecule has 2 rings (SSSR count). The van der Waals surface area contributed by atoms with Crippen LogP contribution in [0, 0.1) is 0 Å². The standard InChI is InChI=1S/C15H17N3O2/c1-10(15(16)18-20)17-14(19)9-12-7-4-6-11-5-2-3-8-13(11)12/h2-8,10,20H,9H2,1H3,(H2,16,18)(H,17,19). The lowest BCUT2D eigenvalue weighted by atomic mass is 10.0. The molecule has 5 heteroatoms. The summed E-state index contributed by atoms with van der Waals surface area (Å²) in [5.74, 6) is -0.184. The predicted molar refractivity (Wildman–Crippen MR) is 78.7 cm³/mol. The molecular weight excluding hydrogens is 254 g/mol. The summed E-state index contributed by atoms with van der Waals surface area (Å²) in [6.07, 6.45) is 0.254. The van der Waals surface area contributed by atoms with Gasteiger partial charge in [0.05, 0.1) is 12.5 Å². The van der Waals surface area contributed by atoms with Gasteiger partial charge in [-0.3, -0.25) is 4.79 Å². The number of nitrogens with one attached hydrogen (secondary N) is 1. The van der Waals surface area contributed by atoms with Crippen molar-refractivity contribution < 1.29 is 10.0 Å². The minimum absolute atomic E-state index is 0.0173. The highest BCUT2D eigenvalue weighted by Crippen LogP contribution is 2.18. The number of nitrogens with zero attached hydrogens (tertiary/aromatic N) is 1. The van der Waals surface area contributed by atoms with Crippen LogP contribution in [0.1, 0.15) is 12.5 Å². The quantitative estimate of drug-likeness (QED) is 0.342. The van der Waals surface area contributed by atoms with Crippen LogP contribution in [0.2, 0.25) is 0 Å². The number of hydrogen-bond acceptors (Lipinski definition) is 3. The van der Waals surface area contributed by atoms with E-state index in [-0.39, 0.29) is 18.2 Å². The summed E-state index contributed by atoms with van der Waals surface area (Å²) < 4.78 is 0. The molecule has 0 fully saturated rings. The molecule has 2 aromatic carbocycles. The van der Waals surface area contributed by atoms with Crippen LogP contribution in [0.15, 0.2) is 47.6 Å². The maximum Gasteiger partial charge on any atom is 0.225 e. The molecule has 0 aliphatic heterocycles.